The van der Waals surface area contributed by atoms with Gasteiger partial charge >= 0.3 is 0 Å². The zero-order valence-electron chi connectivity index (χ0n) is 11.1. The van der Waals surface area contributed by atoms with Crippen LogP contribution in [0.25, 0.3) is 0 Å². The van der Waals surface area contributed by atoms with E-state index >= 15 is 0 Å². The van der Waals surface area contributed by atoms with Crippen molar-refractivity contribution in [2.24, 2.45) is 5.92 Å². The summed E-state index contributed by atoms with van der Waals surface area (Å²) in [5.74, 6) is 0.782. The van der Waals surface area contributed by atoms with Gasteiger partial charge in [0.1, 0.15) is 0 Å². The van der Waals surface area contributed by atoms with Gasteiger partial charge in [0.05, 0.1) is 6.61 Å². The van der Waals surface area contributed by atoms with Crippen LogP contribution in [0.2, 0.25) is 0 Å². The summed E-state index contributed by atoms with van der Waals surface area (Å²) in [5.41, 5.74) is 3.53. The molecule has 1 fully saturated rings. The molecule has 1 saturated heterocycles. The van der Waals surface area contributed by atoms with E-state index in [4.69, 9.17) is 0 Å². The van der Waals surface area contributed by atoms with Crippen LogP contribution in [0.4, 0.5) is 5.69 Å². The van der Waals surface area contributed by atoms with Crippen LogP contribution in [0.1, 0.15) is 37.8 Å². The minimum atomic E-state index is 0.137. The smallest absolute Gasteiger partial charge is 0.0684 e. The van der Waals surface area contributed by atoms with Gasteiger partial charge in [-0.3, -0.25) is 0 Å². The molecule has 17 heavy (non-hydrogen) atoms. The van der Waals surface area contributed by atoms with Crippen molar-refractivity contribution >= 4 is 5.69 Å². The van der Waals surface area contributed by atoms with Crippen molar-refractivity contribution in [3.63, 3.8) is 0 Å². The maximum atomic E-state index is 9.20. The molecular weight excluding hydrogens is 210 g/mol. The van der Waals surface area contributed by atoms with Gasteiger partial charge in [0, 0.05) is 18.3 Å². The van der Waals surface area contributed by atoms with Crippen molar-refractivity contribution < 1.29 is 5.11 Å². The number of rotatable bonds is 2. The van der Waals surface area contributed by atoms with Crippen molar-refractivity contribution in [1.82, 2.24) is 0 Å². The van der Waals surface area contributed by atoms with Gasteiger partial charge < -0.3 is 10.0 Å². The van der Waals surface area contributed by atoms with Crippen LogP contribution in [0.5, 0.6) is 0 Å². The molecule has 94 valence electrons. The lowest BCUT2D eigenvalue weighted by atomic mass is 9.94. The Bertz CT molecular complexity index is 389. The molecular formula is C15H23NO. The quantitative estimate of drug-likeness (QED) is 0.848. The van der Waals surface area contributed by atoms with Crippen LogP contribution in [-0.4, -0.2) is 17.7 Å². The Morgan fingerprint density at radius 2 is 2.06 bits per heavy atom. The van der Waals surface area contributed by atoms with Crippen molar-refractivity contribution in [3.8, 4) is 0 Å². The van der Waals surface area contributed by atoms with Gasteiger partial charge in [-0.2, -0.15) is 0 Å². The van der Waals surface area contributed by atoms with Crippen LogP contribution in [0.15, 0.2) is 18.2 Å². The number of aliphatic hydroxyl groups excluding tert-OH is 1. The van der Waals surface area contributed by atoms with E-state index in [2.05, 4.69) is 43.9 Å². The van der Waals surface area contributed by atoms with E-state index in [1.807, 2.05) is 0 Å². The minimum Gasteiger partial charge on any atom is -0.392 e. The monoisotopic (exact) mass is 233 g/mol. The van der Waals surface area contributed by atoms with Crippen molar-refractivity contribution in [3.05, 3.63) is 29.3 Å². The number of hydrogen-bond donors (Lipinski definition) is 1. The molecule has 2 rings (SSSR count). The van der Waals surface area contributed by atoms with Gasteiger partial charge in [0.15, 0.2) is 0 Å². The second-order valence-electron chi connectivity index (χ2n) is 5.45. The van der Waals surface area contributed by atoms with Gasteiger partial charge in [-0.1, -0.05) is 13.0 Å². The third-order valence-electron chi connectivity index (χ3n) is 3.95. The molecule has 1 heterocycles. The largest absolute Gasteiger partial charge is 0.392 e. The van der Waals surface area contributed by atoms with Crippen LogP contribution >= 0.6 is 0 Å². The third-order valence-corrected chi connectivity index (χ3v) is 3.95. The first-order valence-electron chi connectivity index (χ1n) is 6.59. The molecule has 1 aliphatic rings. The molecule has 1 N–H and O–H groups in total. The molecule has 0 spiro atoms. The zero-order valence-corrected chi connectivity index (χ0v) is 11.1. The average molecular weight is 233 g/mol. The molecule has 0 saturated carbocycles. The van der Waals surface area contributed by atoms with Crippen molar-refractivity contribution in [2.45, 2.75) is 46.3 Å². The number of benzene rings is 1. The Hall–Kier alpha value is -1.02. The topological polar surface area (TPSA) is 23.5 Å². The van der Waals surface area contributed by atoms with Gasteiger partial charge in [-0.05, 0) is 55.9 Å². The summed E-state index contributed by atoms with van der Waals surface area (Å²) in [4.78, 5) is 2.50. The lowest BCUT2D eigenvalue weighted by Gasteiger charge is -2.38. The normalized spacial score (nSPS) is 25.1. The molecule has 2 unspecified atom stereocenters. The summed E-state index contributed by atoms with van der Waals surface area (Å²) in [6, 6.07) is 7.04. The van der Waals surface area contributed by atoms with Gasteiger partial charge in [-0.25, -0.2) is 0 Å². The number of hydrogen-bond acceptors (Lipinski definition) is 2. The fourth-order valence-corrected chi connectivity index (χ4v) is 2.68. The first-order valence-corrected chi connectivity index (χ1v) is 6.59. The number of anilines is 1. The van der Waals surface area contributed by atoms with E-state index in [-0.39, 0.29) is 6.61 Å². The molecule has 1 aromatic carbocycles. The number of aryl methyl sites for hydroxylation is 1. The van der Waals surface area contributed by atoms with E-state index in [0.29, 0.717) is 6.04 Å². The SMILES string of the molecule is Cc1cc(N2CC(C)CCC2C)ccc1CO. The van der Waals surface area contributed by atoms with E-state index in [9.17, 15) is 5.11 Å². The summed E-state index contributed by atoms with van der Waals surface area (Å²) in [6.45, 7) is 8.00. The first-order chi connectivity index (χ1) is 8.11. The van der Waals surface area contributed by atoms with Gasteiger partial charge in [-0.15, -0.1) is 0 Å². The molecule has 2 heteroatoms. The zero-order chi connectivity index (χ0) is 12.4. The van der Waals surface area contributed by atoms with E-state index in [0.717, 1.165) is 18.0 Å². The number of piperidine rings is 1. The summed E-state index contributed by atoms with van der Waals surface area (Å²) in [7, 11) is 0. The summed E-state index contributed by atoms with van der Waals surface area (Å²) in [6.07, 6.45) is 2.62. The molecule has 1 aliphatic heterocycles. The second kappa shape index (κ2) is 5.09. The molecule has 0 bridgehead atoms. The summed E-state index contributed by atoms with van der Waals surface area (Å²) < 4.78 is 0. The highest BCUT2D eigenvalue weighted by molar-refractivity contribution is 5.51. The standard InChI is InChI=1S/C15H23NO/c1-11-4-5-13(3)16(9-11)15-7-6-14(10-17)12(2)8-15/h6-8,11,13,17H,4-5,9-10H2,1-3H3. The number of aliphatic hydroxyl groups is 1. The molecule has 0 radical (unpaired) electrons. The Labute approximate surface area is 104 Å². The minimum absolute atomic E-state index is 0.137. The Morgan fingerprint density at radius 3 is 2.71 bits per heavy atom. The molecule has 2 atom stereocenters. The lowest BCUT2D eigenvalue weighted by Crippen LogP contribution is -2.41. The Kier molecular flexibility index (Phi) is 3.72. The Balaban J connectivity index is 2.23. The Morgan fingerprint density at radius 1 is 1.29 bits per heavy atom. The highest BCUT2D eigenvalue weighted by Crippen LogP contribution is 2.28. The third kappa shape index (κ3) is 2.63. The van der Waals surface area contributed by atoms with Crippen LogP contribution < -0.4 is 4.90 Å². The van der Waals surface area contributed by atoms with Crippen LogP contribution in [0.3, 0.4) is 0 Å². The van der Waals surface area contributed by atoms with Crippen LogP contribution in [-0.2, 0) is 6.61 Å². The molecule has 1 aromatic rings. The van der Waals surface area contributed by atoms with Gasteiger partial charge in [0.25, 0.3) is 0 Å². The lowest BCUT2D eigenvalue weighted by molar-refractivity contribution is 0.281. The fraction of sp³-hybridized carbons (Fsp3) is 0.600. The van der Waals surface area contributed by atoms with Crippen molar-refractivity contribution in [2.75, 3.05) is 11.4 Å². The van der Waals surface area contributed by atoms with E-state index in [1.54, 1.807) is 0 Å². The second-order valence-corrected chi connectivity index (χ2v) is 5.45. The molecule has 0 aliphatic carbocycles. The van der Waals surface area contributed by atoms with Crippen LogP contribution in [0, 0.1) is 12.8 Å². The molecule has 0 amide bonds. The number of nitrogens with zero attached hydrogens (tertiary/aromatic N) is 1. The van der Waals surface area contributed by atoms with Crippen molar-refractivity contribution in [1.29, 1.82) is 0 Å². The van der Waals surface area contributed by atoms with Gasteiger partial charge in [0.2, 0.25) is 0 Å². The first kappa shape index (κ1) is 12.4. The highest BCUT2D eigenvalue weighted by atomic mass is 16.3. The predicted octanol–water partition coefficient (Wildman–Crippen LogP) is 3.11. The van der Waals surface area contributed by atoms with E-state index < -0.39 is 0 Å². The highest BCUT2D eigenvalue weighted by Gasteiger charge is 2.23. The fourth-order valence-electron chi connectivity index (χ4n) is 2.68. The maximum Gasteiger partial charge on any atom is 0.0684 e. The molecule has 2 nitrogen and oxygen atoms in total. The predicted molar refractivity (Wildman–Crippen MR) is 72.3 cm³/mol. The van der Waals surface area contributed by atoms with E-state index in [1.165, 1.54) is 24.1 Å². The molecule has 0 aromatic heterocycles. The average Bonchev–Trinajstić information content (AvgIpc) is 2.32. The maximum absolute atomic E-state index is 9.20. The summed E-state index contributed by atoms with van der Waals surface area (Å²) in [5, 5.41) is 9.20. The summed E-state index contributed by atoms with van der Waals surface area (Å²) >= 11 is 0.